The average molecular weight is 658 g/mol. The van der Waals surface area contributed by atoms with Gasteiger partial charge in [-0.3, -0.25) is 4.79 Å². The summed E-state index contributed by atoms with van der Waals surface area (Å²) in [7, 11) is -4.70. The van der Waals surface area contributed by atoms with Crippen LogP contribution in [0.2, 0.25) is 0 Å². The Bertz CT molecular complexity index is 1670. The molecule has 2 aromatic carbocycles. The number of para-hydroxylation sites is 1. The number of amides is 1. The summed E-state index contributed by atoms with van der Waals surface area (Å²) in [5, 5.41) is 3.21. The van der Waals surface area contributed by atoms with Gasteiger partial charge in [-0.1, -0.05) is 81.6 Å². The van der Waals surface area contributed by atoms with Crippen LogP contribution in [0.4, 0.5) is 0 Å². The molecular weight excluding hydrogens is 613 g/mol. The third-order valence-electron chi connectivity index (χ3n) is 11.3. The second-order valence-corrected chi connectivity index (χ2v) is 16.3. The number of nitrogens with one attached hydrogen (secondary N) is 2. The SMILES string of the molecule is CC1(C)[C@@H]2C[C@H]1[C@]1(C)OB([C@H](CC3CCC3)NC(=O)[C@H](Cc3ccccc3)NS(=O)(=O)c3ccc(Oc4ccccc4)nc3)O[C@@H]1C2. The first kappa shape index (κ1) is 32.3. The van der Waals surface area contributed by atoms with Crippen molar-refractivity contribution in [1.29, 1.82) is 0 Å². The third kappa shape index (κ3) is 6.47. The van der Waals surface area contributed by atoms with Gasteiger partial charge in [0.2, 0.25) is 21.8 Å². The molecule has 4 aliphatic carbocycles. The van der Waals surface area contributed by atoms with E-state index in [1.807, 2.05) is 48.5 Å². The fraction of sp³-hybridized carbons (Fsp3) is 0.500. The number of rotatable bonds is 12. The summed E-state index contributed by atoms with van der Waals surface area (Å²) >= 11 is 0. The molecule has 47 heavy (non-hydrogen) atoms. The van der Waals surface area contributed by atoms with E-state index in [0.29, 0.717) is 23.5 Å². The van der Waals surface area contributed by atoms with Gasteiger partial charge in [0.25, 0.3) is 0 Å². The zero-order valence-corrected chi connectivity index (χ0v) is 28.1. The Morgan fingerprint density at radius 1 is 1.02 bits per heavy atom. The average Bonchev–Trinajstić information content (AvgIpc) is 3.40. The molecule has 0 spiro atoms. The minimum Gasteiger partial charge on any atom is -0.439 e. The maximum absolute atomic E-state index is 14.2. The van der Waals surface area contributed by atoms with Crippen molar-refractivity contribution in [3.8, 4) is 11.6 Å². The maximum atomic E-state index is 14.2. The molecule has 3 aromatic rings. The van der Waals surface area contributed by atoms with Crippen molar-refractivity contribution >= 4 is 23.0 Å². The summed E-state index contributed by atoms with van der Waals surface area (Å²) in [6.07, 6.45) is 7.63. The van der Waals surface area contributed by atoms with Gasteiger partial charge in [-0.25, -0.2) is 13.4 Å². The van der Waals surface area contributed by atoms with Gasteiger partial charge in [0.1, 0.15) is 16.7 Å². The Morgan fingerprint density at radius 3 is 2.38 bits per heavy atom. The van der Waals surface area contributed by atoms with Gasteiger partial charge in [-0.2, -0.15) is 4.72 Å². The van der Waals surface area contributed by atoms with E-state index in [1.54, 1.807) is 12.1 Å². The largest absolute Gasteiger partial charge is 0.481 e. The van der Waals surface area contributed by atoms with Crippen molar-refractivity contribution < 1.29 is 27.3 Å². The first-order chi connectivity index (χ1) is 22.5. The molecule has 1 aromatic heterocycles. The van der Waals surface area contributed by atoms with E-state index in [2.05, 4.69) is 35.8 Å². The molecule has 0 radical (unpaired) electrons. The van der Waals surface area contributed by atoms with Crippen molar-refractivity contribution in [2.24, 2.45) is 23.2 Å². The number of aromatic nitrogens is 1. The van der Waals surface area contributed by atoms with Crippen molar-refractivity contribution in [2.75, 3.05) is 0 Å². The lowest BCUT2D eigenvalue weighted by Crippen LogP contribution is -2.65. The number of benzene rings is 2. The second-order valence-electron chi connectivity index (χ2n) is 14.6. The number of pyridine rings is 1. The first-order valence-electron chi connectivity index (χ1n) is 16.9. The molecule has 5 aliphatic rings. The Morgan fingerprint density at radius 2 is 1.74 bits per heavy atom. The first-order valence-corrected chi connectivity index (χ1v) is 18.4. The molecule has 1 amide bonds. The highest BCUT2D eigenvalue weighted by atomic mass is 32.2. The lowest BCUT2D eigenvalue weighted by Gasteiger charge is -2.64. The number of carbonyl (C=O) groups excluding carboxylic acids is 1. The number of nitrogens with zero attached hydrogens (tertiary/aromatic N) is 1. The zero-order valence-electron chi connectivity index (χ0n) is 27.3. The van der Waals surface area contributed by atoms with E-state index in [-0.39, 0.29) is 28.7 Å². The smallest absolute Gasteiger partial charge is 0.439 e. The minimum absolute atomic E-state index is 0.00923. The van der Waals surface area contributed by atoms with Crippen molar-refractivity contribution in [3.63, 3.8) is 0 Å². The highest BCUT2D eigenvalue weighted by Crippen LogP contribution is 2.65. The number of hydrogen-bond donors (Lipinski definition) is 2. The van der Waals surface area contributed by atoms with Crippen LogP contribution in [0.25, 0.3) is 0 Å². The van der Waals surface area contributed by atoms with Gasteiger partial charge >= 0.3 is 7.12 Å². The molecule has 5 fully saturated rings. The quantitative estimate of drug-likeness (QED) is 0.240. The van der Waals surface area contributed by atoms with Gasteiger partial charge in [0.05, 0.1) is 23.8 Å². The van der Waals surface area contributed by atoms with Gasteiger partial charge in [-0.15, -0.1) is 0 Å². The molecule has 2 N–H and O–H groups in total. The van der Waals surface area contributed by atoms with Gasteiger partial charge in [0, 0.05) is 6.07 Å². The number of sulfonamides is 1. The van der Waals surface area contributed by atoms with Crippen LogP contribution in [0.3, 0.4) is 0 Å². The van der Waals surface area contributed by atoms with E-state index in [1.165, 1.54) is 24.8 Å². The van der Waals surface area contributed by atoms with Gasteiger partial charge in [0.15, 0.2) is 0 Å². The molecule has 8 rings (SSSR count). The van der Waals surface area contributed by atoms with E-state index >= 15 is 0 Å². The number of hydrogen-bond acceptors (Lipinski definition) is 7. The lowest BCUT2D eigenvalue weighted by atomic mass is 9.43. The predicted molar refractivity (Wildman–Crippen MR) is 179 cm³/mol. The highest BCUT2D eigenvalue weighted by Gasteiger charge is 2.68. The lowest BCUT2D eigenvalue weighted by molar-refractivity contribution is -0.199. The van der Waals surface area contributed by atoms with Crippen LogP contribution >= 0.6 is 0 Å². The highest BCUT2D eigenvalue weighted by molar-refractivity contribution is 7.89. The van der Waals surface area contributed by atoms with Crippen molar-refractivity contribution in [1.82, 2.24) is 15.0 Å². The summed E-state index contributed by atoms with van der Waals surface area (Å²) in [5.41, 5.74) is 0.639. The molecular formula is C36H44BN3O6S. The summed E-state index contributed by atoms with van der Waals surface area (Å²) in [5.74, 6) is 1.54. The van der Waals surface area contributed by atoms with Crippen molar-refractivity contribution in [3.05, 3.63) is 84.6 Å². The van der Waals surface area contributed by atoms with Crippen LogP contribution in [0, 0.1) is 23.2 Å². The number of carbonyl (C=O) groups is 1. The molecule has 2 heterocycles. The van der Waals surface area contributed by atoms with Crippen LogP contribution < -0.4 is 14.8 Å². The minimum atomic E-state index is -4.12. The van der Waals surface area contributed by atoms with Crippen molar-refractivity contribution in [2.45, 2.75) is 94.3 Å². The molecule has 2 bridgehead atoms. The molecule has 9 nitrogen and oxygen atoms in total. The van der Waals surface area contributed by atoms with Crippen LogP contribution in [0.1, 0.15) is 64.9 Å². The fourth-order valence-corrected chi connectivity index (χ4v) is 9.31. The standard InChI is InChI=1S/C36H44BN3O6S/c1-35(2)26-21-30(35)36(3)31(22-26)45-37(46-36)32(20-25-13-10-14-25)39-34(41)29(19-24-11-6-4-7-12-24)40-47(42,43)28-17-18-33(38-23-28)44-27-15-8-5-9-16-27/h4-9,11-12,15-18,23,25-26,29-32,40H,10,13-14,19-22H2,1-3H3,(H,39,41)/t26-,29+,30-,31-,32+,36+/m1/s1. The molecule has 11 heteroatoms. The Kier molecular flexibility index (Phi) is 8.70. The maximum Gasteiger partial charge on any atom is 0.481 e. The summed E-state index contributed by atoms with van der Waals surface area (Å²) in [6, 6.07) is 20.4. The second kappa shape index (κ2) is 12.7. The van der Waals surface area contributed by atoms with E-state index in [4.69, 9.17) is 14.0 Å². The van der Waals surface area contributed by atoms with Crippen LogP contribution in [-0.2, 0) is 30.5 Å². The van der Waals surface area contributed by atoms with Gasteiger partial charge in [-0.05, 0) is 79.5 Å². The van der Waals surface area contributed by atoms with Gasteiger partial charge < -0.3 is 19.4 Å². The van der Waals surface area contributed by atoms with Crippen LogP contribution in [-0.4, -0.2) is 50.1 Å². The normalized spacial score (nSPS) is 27.6. The Balaban J connectivity index is 1.10. The summed E-state index contributed by atoms with van der Waals surface area (Å²) in [6.45, 7) is 6.84. The van der Waals surface area contributed by atoms with E-state index in [0.717, 1.165) is 37.7 Å². The Labute approximate surface area is 278 Å². The third-order valence-corrected chi connectivity index (χ3v) is 12.8. The topological polar surface area (TPSA) is 116 Å². The summed E-state index contributed by atoms with van der Waals surface area (Å²) in [4.78, 5) is 18.3. The van der Waals surface area contributed by atoms with E-state index in [9.17, 15) is 13.2 Å². The van der Waals surface area contributed by atoms with Crippen LogP contribution in [0.15, 0.2) is 83.9 Å². The summed E-state index contributed by atoms with van der Waals surface area (Å²) < 4.78 is 49.2. The molecule has 0 unspecified atom stereocenters. The fourth-order valence-electron chi connectivity index (χ4n) is 8.17. The predicted octanol–water partition coefficient (Wildman–Crippen LogP) is 5.71. The monoisotopic (exact) mass is 657 g/mol. The Hall–Kier alpha value is -3.25. The molecule has 1 aliphatic heterocycles. The molecule has 248 valence electrons. The zero-order chi connectivity index (χ0) is 32.8. The van der Waals surface area contributed by atoms with Crippen LogP contribution in [0.5, 0.6) is 11.6 Å². The number of ether oxygens (including phenoxy) is 1. The van der Waals surface area contributed by atoms with E-state index < -0.39 is 40.6 Å². The molecule has 4 saturated carbocycles. The molecule has 1 saturated heterocycles. The molecule has 6 atom stereocenters.